The van der Waals surface area contributed by atoms with Crippen LogP contribution in [-0.4, -0.2) is 112 Å². The summed E-state index contributed by atoms with van der Waals surface area (Å²) in [6.07, 6.45) is 13.9. The van der Waals surface area contributed by atoms with Crippen molar-refractivity contribution in [1.29, 1.82) is 0 Å². The van der Waals surface area contributed by atoms with Crippen LogP contribution in [0.15, 0.2) is 329 Å². The molecule has 738 valence electrons. The zero-order valence-corrected chi connectivity index (χ0v) is 99.7. The van der Waals surface area contributed by atoms with E-state index in [4.69, 9.17) is 39.8 Å². The van der Waals surface area contributed by atoms with E-state index < -0.39 is 50.2 Å². The van der Waals surface area contributed by atoms with E-state index in [1.807, 2.05) is 66.1 Å². The maximum atomic E-state index is 12.6. The molecule has 0 atom stereocenters. The van der Waals surface area contributed by atoms with Crippen LogP contribution in [-0.2, 0) is 116 Å². The predicted octanol–water partition coefficient (Wildman–Crippen LogP) is 23.8. The topological polar surface area (TPSA) is 248 Å². The number of carbonyl (C=O) groups is 4. The normalized spacial score (nSPS) is 12.6. The number of benzene rings is 10. The molecule has 2 aliphatic heterocycles. The number of allylic oxidation sites excluding steroid dienone is 8. The summed E-state index contributed by atoms with van der Waals surface area (Å²) in [5.41, 5.74) is 16.5. The molecule has 18 rings (SSSR count). The Morgan fingerprint density at radius 1 is 0.369 bits per heavy atom. The van der Waals surface area contributed by atoms with E-state index in [0.29, 0.717) is 9.79 Å². The molecule has 2 aliphatic rings. The van der Waals surface area contributed by atoms with Crippen molar-refractivity contribution >= 4 is 168 Å². The molecular formula is C115H120Ir4N4O11S2Si5-4. The number of rotatable bonds is 15. The SMILES string of the molecule is CC(=O)C=C(C)O.CC(=O)C=C(C)O.CC(=O)C=C(C)O.CC(=O)C=C(C)O.CCc1cc(-c2[c-]cc3sc4ccccc4c3c2)ncc1[Si](C)(C)C.C[Si](C)(C)c1ccc(-c2[c-]cc3c(c2)-c2ccccc2S3(=O)=O)nc1.C[Si](C)(C)c1ccc(-c2[c-]cc3c(c2)-c2ccccc2[Si]3(c2ccccc2)c2ccccc2)nc1.Cc1cc(-c2[c-]cc3oc4ccccc4c3c2)ncc1[Si](C)(C)C.[Ir].[Ir].[Ir].[Ir]. The number of nitrogens with zero attached hydrogens (tertiary/aromatic N) is 4. The van der Waals surface area contributed by atoms with Crippen LogP contribution in [0.1, 0.15) is 73.4 Å². The van der Waals surface area contributed by atoms with Gasteiger partial charge in [-0.3, -0.25) is 19.2 Å². The van der Waals surface area contributed by atoms with Gasteiger partial charge in [-0.05, 0) is 162 Å². The van der Waals surface area contributed by atoms with Gasteiger partial charge < -0.3 is 44.8 Å². The Balaban J connectivity index is 0.000000233. The number of carbonyl (C=O) groups excluding carboxylic acids is 4. The molecular weight excluding hydrogens is 2590 g/mol. The van der Waals surface area contributed by atoms with Gasteiger partial charge in [0.1, 0.15) is 13.7 Å². The molecule has 0 fully saturated rings. The fourth-order valence-corrected chi connectivity index (χ4v) is 29.8. The summed E-state index contributed by atoms with van der Waals surface area (Å²) in [5, 5.41) is 49.6. The third-order valence-corrected chi connectivity index (χ3v) is 38.9. The second-order valence-electron chi connectivity index (χ2n) is 38.2. The summed E-state index contributed by atoms with van der Waals surface area (Å²) in [6, 6.07) is 98.1. The summed E-state index contributed by atoms with van der Waals surface area (Å²) in [5.74, 6) is -0.250. The number of para-hydroxylation sites is 1. The molecule has 15 nitrogen and oxygen atoms in total. The number of aryl methyl sites for hydroxylation is 2. The van der Waals surface area contributed by atoms with Crippen LogP contribution in [0.5, 0.6) is 0 Å². The third kappa shape index (κ3) is 29.8. The molecule has 141 heavy (non-hydrogen) atoms. The van der Waals surface area contributed by atoms with Crippen LogP contribution in [0.25, 0.3) is 109 Å². The molecule has 0 spiro atoms. The van der Waals surface area contributed by atoms with Gasteiger partial charge in [-0.25, -0.2) is 8.42 Å². The molecule has 10 aromatic carbocycles. The third-order valence-electron chi connectivity index (χ3n) is 22.8. The average Bonchev–Trinajstić information content (AvgIpc) is 1.54. The largest absolute Gasteiger partial charge is 0.512 e. The van der Waals surface area contributed by atoms with Crippen molar-refractivity contribution in [1.82, 2.24) is 19.9 Å². The Kier molecular flexibility index (Phi) is 42.4. The van der Waals surface area contributed by atoms with Gasteiger partial charge in [0, 0.05) is 140 Å². The number of fused-ring (bicyclic) bond motifs is 12. The standard InChI is InChI=1S/C32H28NSi2.C22H22NSSi.C21H20NOSi.C20H18NO2SSi.4C5H8O2.4Ir/c1-34(2,3)27-19-20-30(33-23-27)24-18-21-32-29(22-24)28-16-10-11-17-31(28)35(32,25-12-6-4-7-13-25)26-14-8-5-9-15-26;1-5-15-13-19(23-14-22(15)25(2,3)4)16-10-11-21-18(12-16)17-8-6-7-9-20(17)24-21;1-14-11-18(22-13-21(14)24(2,3)4)15-9-10-20-17(12-15)16-7-5-6-8-19(16)23-20;1-25(2,3)15-9-10-18(21-13-15)14-8-11-20-17(12-14)16-6-4-5-7-19(16)24(20,22)23;4*1-4(6)3-5(2)7;;;;/h4-17,19-23H,1-3H3;6-9,11-14H,5H2,1-4H3;5-8,10-13H,1-4H3;4-7,9-13H,1-3H3;4*3,6H,1-2H3;;;;/q4*-1;;;;;;;;. The summed E-state index contributed by atoms with van der Waals surface area (Å²) >= 11 is 1.83. The molecule has 0 bridgehead atoms. The Labute approximate surface area is 893 Å². The number of furan rings is 1. The van der Waals surface area contributed by atoms with Gasteiger partial charge in [-0.1, -0.05) is 305 Å². The van der Waals surface area contributed by atoms with E-state index in [0.717, 1.165) is 84.5 Å². The van der Waals surface area contributed by atoms with Crippen molar-refractivity contribution in [3.63, 3.8) is 0 Å². The van der Waals surface area contributed by atoms with Crippen LogP contribution < -0.4 is 41.5 Å². The zero-order chi connectivity index (χ0) is 99.8. The van der Waals surface area contributed by atoms with Crippen LogP contribution in [0.3, 0.4) is 0 Å². The van der Waals surface area contributed by atoms with Gasteiger partial charge in [-0.15, -0.1) is 100 Å². The van der Waals surface area contributed by atoms with Crippen molar-refractivity contribution in [2.75, 3.05) is 0 Å². The Bertz CT molecular complexity index is 7220. The fourth-order valence-electron chi connectivity index (χ4n) is 16.5. The van der Waals surface area contributed by atoms with Crippen LogP contribution >= 0.6 is 11.3 Å². The molecule has 0 aliphatic carbocycles. The van der Waals surface area contributed by atoms with Crippen LogP contribution in [0, 0.1) is 31.2 Å². The smallest absolute Gasteiger partial charge is 0.173 e. The van der Waals surface area contributed by atoms with E-state index in [-0.39, 0.29) is 127 Å². The second kappa shape index (κ2) is 51.0. The number of pyridine rings is 4. The first kappa shape index (κ1) is 117. The van der Waals surface area contributed by atoms with E-state index >= 15 is 0 Å². The molecule has 0 amide bonds. The molecule has 4 radical (unpaired) electrons. The maximum Gasteiger partial charge on any atom is 0.173 e. The summed E-state index contributed by atoms with van der Waals surface area (Å²) in [7, 11) is -11.4. The predicted molar refractivity (Wildman–Crippen MR) is 582 cm³/mol. The number of ketones is 4. The van der Waals surface area contributed by atoms with Crippen LogP contribution in [0.2, 0.25) is 78.6 Å². The number of hydrogen-bond acceptors (Lipinski definition) is 16. The first-order valence-electron chi connectivity index (χ1n) is 45.4. The van der Waals surface area contributed by atoms with Crippen LogP contribution in [0.4, 0.5) is 0 Å². The number of aliphatic hydroxyl groups excluding tert-OH is 4. The summed E-state index contributed by atoms with van der Waals surface area (Å²) in [6.45, 7) is 44.0. The maximum absolute atomic E-state index is 12.6. The van der Waals surface area contributed by atoms with E-state index in [2.05, 4.69) is 316 Å². The van der Waals surface area contributed by atoms with E-state index in [1.165, 1.54) is 164 Å². The average molecular weight is 2710 g/mol. The molecule has 4 N–H and O–H groups in total. The van der Waals surface area contributed by atoms with Gasteiger partial charge in [0.2, 0.25) is 0 Å². The van der Waals surface area contributed by atoms with E-state index in [1.54, 1.807) is 18.2 Å². The van der Waals surface area contributed by atoms with Crippen molar-refractivity contribution in [2.45, 2.75) is 164 Å². The minimum Gasteiger partial charge on any atom is -0.512 e. The molecule has 6 aromatic heterocycles. The number of aromatic nitrogens is 4. The van der Waals surface area contributed by atoms with Crippen molar-refractivity contribution in [3.05, 3.63) is 350 Å². The molecule has 16 aromatic rings. The first-order chi connectivity index (χ1) is 64.7. The van der Waals surface area contributed by atoms with Crippen molar-refractivity contribution in [3.8, 4) is 67.3 Å². The molecule has 8 heterocycles. The first-order valence-corrected chi connectivity index (χ1v) is 63.7. The monoisotopic (exact) mass is 2710 g/mol. The van der Waals surface area contributed by atoms with Gasteiger partial charge in [0.05, 0.1) is 65.8 Å². The molecule has 0 saturated heterocycles. The Morgan fingerprint density at radius 3 is 1.25 bits per heavy atom. The number of hydrogen-bond donors (Lipinski definition) is 4. The summed E-state index contributed by atoms with van der Waals surface area (Å²) < 4.78 is 33.8. The van der Waals surface area contributed by atoms with Crippen molar-refractivity contribution < 1.29 is 133 Å². The Hall–Kier alpha value is -10.7. The number of thiophene rings is 1. The van der Waals surface area contributed by atoms with Crippen molar-refractivity contribution in [2.24, 2.45) is 0 Å². The van der Waals surface area contributed by atoms with Gasteiger partial charge in [-0.2, -0.15) is 11.3 Å². The zero-order valence-electron chi connectivity index (χ0n) is 83.5. The van der Waals surface area contributed by atoms with E-state index in [9.17, 15) is 27.6 Å². The number of aliphatic hydroxyl groups is 4. The molecule has 0 saturated carbocycles. The quantitative estimate of drug-likeness (QED) is 0.0322. The number of sulfone groups is 1. The molecule has 26 heteroatoms. The minimum absolute atomic E-state index is 0. The second-order valence-corrected chi connectivity index (χ2v) is 65.1. The fraction of sp³-hybridized carbons (Fsp3) is 0.200. The Morgan fingerprint density at radius 2 is 0.780 bits per heavy atom. The molecule has 0 unspecified atom stereocenters. The van der Waals surface area contributed by atoms with Gasteiger partial charge >= 0.3 is 0 Å². The van der Waals surface area contributed by atoms with Gasteiger partial charge in [0.15, 0.2) is 33.0 Å². The minimum atomic E-state index is -3.44. The summed E-state index contributed by atoms with van der Waals surface area (Å²) in [4.78, 5) is 59.7. The van der Waals surface area contributed by atoms with Gasteiger partial charge in [0.25, 0.3) is 0 Å².